The number of ether oxygens (including phenoxy) is 1. The van der Waals surface area contributed by atoms with E-state index in [-0.39, 0.29) is 40.3 Å². The minimum Gasteiger partial charge on any atom is -0.436 e. The van der Waals surface area contributed by atoms with Crippen LogP contribution in [-0.2, 0) is 22.0 Å². The Morgan fingerprint density at radius 2 is 1.93 bits per heavy atom. The molecule has 4 aromatic rings. The molecule has 0 bridgehead atoms. The maximum absolute atomic E-state index is 14.0. The van der Waals surface area contributed by atoms with E-state index in [4.69, 9.17) is 22.1 Å². The molecule has 0 spiro atoms. The summed E-state index contributed by atoms with van der Waals surface area (Å²) in [6, 6.07) is 11.5. The Hall–Kier alpha value is -4.02. The Kier molecular flexibility index (Phi) is 7.97. The van der Waals surface area contributed by atoms with Gasteiger partial charge in [0.15, 0.2) is 27.2 Å². The molecule has 0 atom stereocenters. The van der Waals surface area contributed by atoms with E-state index in [0.29, 0.717) is 35.5 Å². The van der Waals surface area contributed by atoms with Crippen molar-refractivity contribution >= 4 is 39.1 Å². The van der Waals surface area contributed by atoms with Crippen molar-refractivity contribution in [3.63, 3.8) is 0 Å². The first-order chi connectivity index (χ1) is 19.6. The zero-order valence-corrected chi connectivity index (χ0v) is 24.1. The van der Waals surface area contributed by atoms with Crippen LogP contribution in [-0.4, -0.2) is 40.6 Å². The average molecular weight is 595 g/mol. The number of anilines is 1. The third kappa shape index (κ3) is 6.03. The molecule has 0 saturated heterocycles. The van der Waals surface area contributed by atoms with Gasteiger partial charge in [-0.3, -0.25) is 4.79 Å². The second-order valence-corrected chi connectivity index (χ2v) is 12.5. The number of pyridine rings is 1. The molecule has 41 heavy (non-hydrogen) atoms. The van der Waals surface area contributed by atoms with E-state index in [1.165, 1.54) is 29.2 Å². The maximum atomic E-state index is 14.0. The standard InChI is InChI=1S/C30H28ClFN4O4S/c1-18-10-20-12-22(13-21(20)14-23(18)17-41(38,39)9-5-8-31)29(37)24-15-35-36(30(24)33)26-16-34-28(11-19(26)2)40-27-7-4-3-6-25(27)32/h3-4,6-7,10-12,14-16H,5,8-9,13,17,33H2,1-2H3. The van der Waals surface area contributed by atoms with Crippen LogP contribution in [0.5, 0.6) is 11.6 Å². The highest BCUT2D eigenvalue weighted by Crippen LogP contribution is 2.32. The number of Topliss-reactive ketones (excluding diaryl/α,β-unsaturated/α-hetero) is 1. The Balaban J connectivity index is 1.34. The van der Waals surface area contributed by atoms with Crippen molar-refractivity contribution in [2.45, 2.75) is 32.4 Å². The van der Waals surface area contributed by atoms with E-state index in [1.54, 1.807) is 25.1 Å². The van der Waals surface area contributed by atoms with Gasteiger partial charge in [0.05, 0.1) is 35.2 Å². The quantitative estimate of drug-likeness (QED) is 0.183. The van der Waals surface area contributed by atoms with Crippen LogP contribution in [0.3, 0.4) is 0 Å². The fourth-order valence-electron chi connectivity index (χ4n) is 4.78. The van der Waals surface area contributed by atoms with E-state index in [9.17, 15) is 17.6 Å². The molecule has 8 nitrogen and oxygen atoms in total. The third-order valence-electron chi connectivity index (χ3n) is 6.95. The van der Waals surface area contributed by atoms with Crippen LogP contribution in [0.1, 0.15) is 44.6 Å². The zero-order valence-electron chi connectivity index (χ0n) is 22.5. The van der Waals surface area contributed by atoms with Gasteiger partial charge in [0.25, 0.3) is 0 Å². The smallest absolute Gasteiger partial charge is 0.219 e. The number of para-hydroxylation sites is 1. The minimum atomic E-state index is -3.29. The number of fused-ring (bicyclic) bond motifs is 1. The van der Waals surface area contributed by atoms with E-state index in [0.717, 1.165) is 22.3 Å². The number of nitrogen functional groups attached to an aromatic ring is 1. The van der Waals surface area contributed by atoms with Gasteiger partial charge in [0.2, 0.25) is 5.88 Å². The number of rotatable bonds is 10. The number of nitrogens with zero attached hydrogens (tertiary/aromatic N) is 3. The lowest BCUT2D eigenvalue weighted by atomic mass is 10.0. The van der Waals surface area contributed by atoms with Gasteiger partial charge in [-0.15, -0.1) is 11.6 Å². The number of alkyl halides is 1. The molecule has 0 saturated carbocycles. The van der Waals surface area contributed by atoms with Gasteiger partial charge in [0.1, 0.15) is 5.82 Å². The number of aryl methyl sites for hydroxylation is 2. The Morgan fingerprint density at radius 1 is 1.15 bits per heavy atom. The van der Waals surface area contributed by atoms with Gasteiger partial charge in [-0.1, -0.05) is 24.3 Å². The Morgan fingerprint density at radius 3 is 2.66 bits per heavy atom. The monoisotopic (exact) mass is 594 g/mol. The molecule has 2 N–H and O–H groups in total. The molecule has 212 valence electrons. The molecule has 2 aromatic heterocycles. The molecule has 1 aliphatic carbocycles. The van der Waals surface area contributed by atoms with Gasteiger partial charge in [-0.05, 0) is 66.3 Å². The molecule has 2 aromatic carbocycles. The lowest BCUT2D eigenvalue weighted by Crippen LogP contribution is -2.11. The Labute approximate surface area is 242 Å². The third-order valence-corrected chi connectivity index (χ3v) is 8.88. The van der Waals surface area contributed by atoms with Crippen LogP contribution in [0.4, 0.5) is 10.2 Å². The van der Waals surface area contributed by atoms with E-state index in [1.807, 2.05) is 25.1 Å². The van der Waals surface area contributed by atoms with Crippen molar-refractivity contribution in [3.8, 4) is 17.3 Å². The average Bonchev–Trinajstić information content (AvgIpc) is 3.51. The summed E-state index contributed by atoms with van der Waals surface area (Å²) in [6.45, 7) is 3.67. The highest BCUT2D eigenvalue weighted by Gasteiger charge is 2.26. The largest absolute Gasteiger partial charge is 0.436 e. The van der Waals surface area contributed by atoms with Crippen LogP contribution in [0, 0.1) is 19.7 Å². The number of aromatic nitrogens is 3. The number of hydrogen-bond donors (Lipinski definition) is 1. The molecule has 0 radical (unpaired) electrons. The number of hydrogen-bond acceptors (Lipinski definition) is 7. The lowest BCUT2D eigenvalue weighted by molar-refractivity contribution is 0.103. The van der Waals surface area contributed by atoms with Crippen molar-refractivity contribution < 1.29 is 22.3 Å². The zero-order chi connectivity index (χ0) is 29.3. The molecular weight excluding hydrogens is 567 g/mol. The molecule has 0 fully saturated rings. The van der Waals surface area contributed by atoms with Crippen LogP contribution >= 0.6 is 11.6 Å². The summed E-state index contributed by atoms with van der Waals surface area (Å²) in [5.41, 5.74) is 11.8. The topological polar surface area (TPSA) is 117 Å². The molecule has 0 aliphatic heterocycles. The van der Waals surface area contributed by atoms with Gasteiger partial charge in [-0.25, -0.2) is 22.5 Å². The van der Waals surface area contributed by atoms with Crippen LogP contribution < -0.4 is 10.5 Å². The molecule has 0 amide bonds. The summed E-state index contributed by atoms with van der Waals surface area (Å²) < 4.78 is 45.9. The summed E-state index contributed by atoms with van der Waals surface area (Å²) >= 11 is 5.67. The predicted octanol–water partition coefficient (Wildman–Crippen LogP) is 5.76. The summed E-state index contributed by atoms with van der Waals surface area (Å²) in [4.78, 5) is 17.8. The van der Waals surface area contributed by atoms with E-state index in [2.05, 4.69) is 10.1 Å². The van der Waals surface area contributed by atoms with E-state index < -0.39 is 15.7 Å². The maximum Gasteiger partial charge on any atom is 0.219 e. The van der Waals surface area contributed by atoms with Crippen molar-refractivity contribution in [3.05, 3.63) is 99.6 Å². The predicted molar refractivity (Wildman–Crippen MR) is 157 cm³/mol. The van der Waals surface area contributed by atoms with E-state index >= 15 is 0 Å². The minimum absolute atomic E-state index is 0.0363. The number of carbonyl (C=O) groups excluding carboxylic acids is 1. The highest BCUT2D eigenvalue weighted by molar-refractivity contribution is 7.90. The van der Waals surface area contributed by atoms with Gasteiger partial charge in [-0.2, -0.15) is 5.10 Å². The van der Waals surface area contributed by atoms with Gasteiger partial charge < -0.3 is 10.5 Å². The fraction of sp³-hybridized carbons (Fsp3) is 0.233. The van der Waals surface area contributed by atoms with Crippen molar-refractivity contribution in [1.82, 2.24) is 14.8 Å². The molecule has 1 aliphatic rings. The van der Waals surface area contributed by atoms with Crippen molar-refractivity contribution in [1.29, 1.82) is 0 Å². The summed E-state index contributed by atoms with van der Waals surface area (Å²) in [5, 5.41) is 4.34. The summed E-state index contributed by atoms with van der Waals surface area (Å²) in [6.07, 6.45) is 5.50. The second kappa shape index (κ2) is 11.5. The summed E-state index contributed by atoms with van der Waals surface area (Å²) in [5.74, 6) is -0.0854. The SMILES string of the molecule is Cc1cc2c(cc1CS(=O)(=O)CCCCl)CC(C(=O)c1cnn(-c3cnc(Oc4ccccc4F)cc3C)c1N)=C2. The molecule has 2 heterocycles. The van der Waals surface area contributed by atoms with Gasteiger partial charge in [0, 0.05) is 23.9 Å². The van der Waals surface area contributed by atoms with Crippen LogP contribution in [0.2, 0.25) is 0 Å². The number of nitrogens with two attached hydrogens (primary N) is 1. The Bertz CT molecular complexity index is 1800. The first kappa shape index (κ1) is 28.5. The number of halogens is 2. The number of benzene rings is 2. The number of allylic oxidation sites excluding steroid dienone is 1. The van der Waals surface area contributed by atoms with Crippen molar-refractivity contribution in [2.24, 2.45) is 0 Å². The molecule has 0 unspecified atom stereocenters. The molecule has 11 heteroatoms. The first-order valence-corrected chi connectivity index (χ1v) is 15.3. The highest BCUT2D eigenvalue weighted by atomic mass is 35.5. The van der Waals surface area contributed by atoms with Crippen LogP contribution in [0.15, 0.2) is 60.4 Å². The van der Waals surface area contributed by atoms with Gasteiger partial charge >= 0.3 is 0 Å². The lowest BCUT2D eigenvalue weighted by Gasteiger charge is -2.11. The number of ketones is 1. The number of carbonyl (C=O) groups is 1. The summed E-state index contributed by atoms with van der Waals surface area (Å²) in [7, 11) is -3.29. The number of sulfone groups is 1. The normalized spacial score (nSPS) is 12.7. The van der Waals surface area contributed by atoms with Crippen LogP contribution in [0.25, 0.3) is 11.8 Å². The van der Waals surface area contributed by atoms with Crippen molar-refractivity contribution in [2.75, 3.05) is 17.4 Å². The fourth-order valence-corrected chi connectivity index (χ4v) is 6.59. The molecular formula is C30H28ClFN4O4S. The first-order valence-electron chi connectivity index (χ1n) is 12.9. The molecule has 5 rings (SSSR count). The second-order valence-electron chi connectivity index (χ2n) is 9.98.